The first-order valence-corrected chi connectivity index (χ1v) is 8.04. The van der Waals surface area contributed by atoms with Crippen LogP contribution < -0.4 is 5.32 Å². The Morgan fingerprint density at radius 3 is 2.44 bits per heavy atom. The monoisotopic (exact) mass is 250 g/mol. The molecule has 1 spiro atoms. The lowest BCUT2D eigenvalue weighted by Crippen LogP contribution is -2.69. The zero-order chi connectivity index (χ0) is 12.8. The molecule has 3 aliphatic rings. The van der Waals surface area contributed by atoms with E-state index in [1.54, 1.807) is 0 Å². The molecule has 1 saturated heterocycles. The van der Waals surface area contributed by atoms with Gasteiger partial charge in [-0.3, -0.25) is 4.90 Å². The van der Waals surface area contributed by atoms with Gasteiger partial charge in [0.15, 0.2) is 0 Å². The van der Waals surface area contributed by atoms with Gasteiger partial charge in [0.25, 0.3) is 0 Å². The fourth-order valence-corrected chi connectivity index (χ4v) is 4.32. The summed E-state index contributed by atoms with van der Waals surface area (Å²) in [6.07, 6.45) is 8.63. The molecule has 3 rings (SSSR count). The molecule has 0 aromatic rings. The van der Waals surface area contributed by atoms with Crippen molar-refractivity contribution in [3.8, 4) is 0 Å². The summed E-state index contributed by atoms with van der Waals surface area (Å²) in [6.45, 7) is 11.0. The third-order valence-corrected chi connectivity index (χ3v) is 5.61. The van der Waals surface area contributed by atoms with E-state index in [0.29, 0.717) is 11.1 Å². The molecule has 0 aromatic heterocycles. The van der Waals surface area contributed by atoms with Crippen molar-refractivity contribution in [2.24, 2.45) is 11.8 Å². The van der Waals surface area contributed by atoms with Gasteiger partial charge in [0.1, 0.15) is 0 Å². The van der Waals surface area contributed by atoms with E-state index in [1.165, 1.54) is 58.2 Å². The highest BCUT2D eigenvalue weighted by atomic mass is 15.3. The lowest BCUT2D eigenvalue weighted by Gasteiger charge is -2.53. The van der Waals surface area contributed by atoms with Crippen molar-refractivity contribution in [3.63, 3.8) is 0 Å². The fraction of sp³-hybridized carbons (Fsp3) is 1.00. The van der Waals surface area contributed by atoms with E-state index < -0.39 is 0 Å². The Balaban J connectivity index is 1.76. The number of hydrogen-bond acceptors (Lipinski definition) is 2. The lowest BCUT2D eigenvalue weighted by molar-refractivity contribution is -0.00198. The molecule has 2 heteroatoms. The lowest BCUT2D eigenvalue weighted by atomic mass is 9.83. The second-order valence-electron chi connectivity index (χ2n) is 7.75. The van der Waals surface area contributed by atoms with Crippen LogP contribution in [-0.2, 0) is 0 Å². The van der Waals surface area contributed by atoms with Crippen LogP contribution in [0.2, 0.25) is 0 Å². The maximum atomic E-state index is 3.95. The Labute approximate surface area is 113 Å². The molecule has 0 amide bonds. The Bertz CT molecular complexity index is 302. The highest BCUT2D eigenvalue weighted by Crippen LogP contribution is 2.45. The van der Waals surface area contributed by atoms with Crippen LogP contribution in [0.4, 0.5) is 0 Å². The van der Waals surface area contributed by atoms with Crippen molar-refractivity contribution >= 4 is 0 Å². The Kier molecular flexibility index (Phi) is 3.22. The summed E-state index contributed by atoms with van der Waals surface area (Å²) in [5, 5.41) is 3.95. The van der Waals surface area contributed by atoms with Gasteiger partial charge in [-0.05, 0) is 44.4 Å². The molecule has 2 nitrogen and oxygen atoms in total. The van der Waals surface area contributed by atoms with Crippen LogP contribution in [0.5, 0.6) is 0 Å². The van der Waals surface area contributed by atoms with Gasteiger partial charge in [-0.1, -0.05) is 26.7 Å². The summed E-state index contributed by atoms with van der Waals surface area (Å²) >= 11 is 0. The van der Waals surface area contributed by atoms with Gasteiger partial charge < -0.3 is 5.32 Å². The maximum absolute atomic E-state index is 3.95. The smallest absolute Gasteiger partial charge is 0.0335 e. The minimum absolute atomic E-state index is 0.405. The highest BCUT2D eigenvalue weighted by molar-refractivity contribution is 5.10. The zero-order valence-electron chi connectivity index (χ0n) is 12.5. The van der Waals surface area contributed by atoms with E-state index in [1.807, 2.05) is 0 Å². The van der Waals surface area contributed by atoms with Gasteiger partial charge >= 0.3 is 0 Å². The van der Waals surface area contributed by atoms with E-state index in [0.717, 1.165) is 11.8 Å². The van der Waals surface area contributed by atoms with Crippen molar-refractivity contribution < 1.29 is 0 Å². The number of rotatable bonds is 3. The molecular weight excluding hydrogens is 220 g/mol. The summed E-state index contributed by atoms with van der Waals surface area (Å²) in [4.78, 5) is 2.87. The quantitative estimate of drug-likeness (QED) is 0.828. The van der Waals surface area contributed by atoms with E-state index in [-0.39, 0.29) is 0 Å². The summed E-state index contributed by atoms with van der Waals surface area (Å²) in [5.41, 5.74) is 0.918. The molecule has 2 aliphatic carbocycles. The van der Waals surface area contributed by atoms with Crippen LogP contribution in [0.1, 0.15) is 59.3 Å². The molecule has 0 radical (unpaired) electrons. The number of piperazine rings is 1. The SMILES string of the molecule is CC(C)CN1CC(C)(C2CC2)NCC12CCCC2. The van der Waals surface area contributed by atoms with Crippen molar-refractivity contribution in [1.82, 2.24) is 10.2 Å². The topological polar surface area (TPSA) is 15.3 Å². The molecule has 104 valence electrons. The van der Waals surface area contributed by atoms with Gasteiger partial charge in [-0.15, -0.1) is 0 Å². The van der Waals surface area contributed by atoms with E-state index in [9.17, 15) is 0 Å². The first-order chi connectivity index (χ1) is 8.54. The van der Waals surface area contributed by atoms with Crippen LogP contribution in [-0.4, -0.2) is 35.6 Å². The van der Waals surface area contributed by atoms with E-state index in [4.69, 9.17) is 0 Å². The highest BCUT2D eigenvalue weighted by Gasteiger charge is 2.51. The number of nitrogens with one attached hydrogen (secondary N) is 1. The second kappa shape index (κ2) is 4.49. The van der Waals surface area contributed by atoms with Crippen molar-refractivity contribution in [3.05, 3.63) is 0 Å². The minimum atomic E-state index is 0.405. The third kappa shape index (κ3) is 2.22. The Hall–Kier alpha value is -0.0800. The number of nitrogens with zero attached hydrogens (tertiary/aromatic N) is 1. The minimum Gasteiger partial charge on any atom is -0.308 e. The molecule has 0 aromatic carbocycles. The van der Waals surface area contributed by atoms with Crippen LogP contribution in [0, 0.1) is 11.8 Å². The summed E-state index contributed by atoms with van der Waals surface area (Å²) < 4.78 is 0. The van der Waals surface area contributed by atoms with Crippen molar-refractivity contribution in [2.45, 2.75) is 70.4 Å². The summed E-state index contributed by atoms with van der Waals surface area (Å²) in [7, 11) is 0. The van der Waals surface area contributed by atoms with Gasteiger partial charge in [0, 0.05) is 30.7 Å². The average molecular weight is 250 g/mol. The second-order valence-corrected chi connectivity index (χ2v) is 7.75. The largest absolute Gasteiger partial charge is 0.308 e. The normalized spacial score (nSPS) is 36.7. The molecular formula is C16H30N2. The van der Waals surface area contributed by atoms with Crippen LogP contribution >= 0.6 is 0 Å². The fourth-order valence-electron chi connectivity index (χ4n) is 4.32. The molecule has 0 bridgehead atoms. The summed E-state index contributed by atoms with van der Waals surface area (Å²) in [5.74, 6) is 1.75. The van der Waals surface area contributed by atoms with Crippen molar-refractivity contribution in [1.29, 1.82) is 0 Å². The molecule has 1 unspecified atom stereocenters. The molecule has 1 N–H and O–H groups in total. The molecule has 18 heavy (non-hydrogen) atoms. The zero-order valence-corrected chi connectivity index (χ0v) is 12.5. The van der Waals surface area contributed by atoms with Crippen LogP contribution in [0.3, 0.4) is 0 Å². The molecule has 1 heterocycles. The van der Waals surface area contributed by atoms with E-state index in [2.05, 4.69) is 31.0 Å². The Morgan fingerprint density at radius 2 is 1.89 bits per heavy atom. The van der Waals surface area contributed by atoms with E-state index >= 15 is 0 Å². The molecule has 1 atom stereocenters. The van der Waals surface area contributed by atoms with Crippen molar-refractivity contribution in [2.75, 3.05) is 19.6 Å². The van der Waals surface area contributed by atoms with Gasteiger partial charge in [0.05, 0.1) is 0 Å². The summed E-state index contributed by atoms with van der Waals surface area (Å²) in [6, 6.07) is 0. The maximum Gasteiger partial charge on any atom is 0.0335 e. The number of hydrogen-bond donors (Lipinski definition) is 1. The standard InChI is InChI=1S/C16H30N2/c1-13(2)10-18-12-15(3,14-6-7-14)17-11-16(18)8-4-5-9-16/h13-14,17H,4-12H2,1-3H3. The molecule has 3 fully saturated rings. The first kappa shape index (κ1) is 12.9. The van der Waals surface area contributed by atoms with Crippen LogP contribution in [0.25, 0.3) is 0 Å². The predicted molar refractivity (Wildman–Crippen MR) is 76.7 cm³/mol. The van der Waals surface area contributed by atoms with Crippen LogP contribution in [0.15, 0.2) is 0 Å². The molecule has 2 saturated carbocycles. The van der Waals surface area contributed by atoms with Gasteiger partial charge in [-0.2, -0.15) is 0 Å². The Morgan fingerprint density at radius 1 is 1.22 bits per heavy atom. The molecule has 1 aliphatic heterocycles. The third-order valence-electron chi connectivity index (χ3n) is 5.61. The average Bonchev–Trinajstić information content (AvgIpc) is 3.06. The van der Waals surface area contributed by atoms with Gasteiger partial charge in [0.2, 0.25) is 0 Å². The predicted octanol–water partition coefficient (Wildman–Crippen LogP) is 3.03. The first-order valence-electron chi connectivity index (χ1n) is 8.04. The van der Waals surface area contributed by atoms with Gasteiger partial charge in [-0.25, -0.2) is 0 Å².